The molecule has 1 unspecified atom stereocenters. The van der Waals surface area contributed by atoms with Crippen molar-refractivity contribution in [3.63, 3.8) is 0 Å². The van der Waals surface area contributed by atoms with Gasteiger partial charge in [-0.25, -0.2) is 12.7 Å². The Morgan fingerprint density at radius 3 is 2.65 bits per heavy atom. The highest BCUT2D eigenvalue weighted by molar-refractivity contribution is 7.88. The maximum Gasteiger partial charge on any atom is 0.248 e. The maximum atomic E-state index is 12.6. The summed E-state index contributed by atoms with van der Waals surface area (Å²) in [6.45, 7) is 1.94. The van der Waals surface area contributed by atoms with E-state index in [9.17, 15) is 13.2 Å². The highest BCUT2D eigenvalue weighted by Gasteiger charge is 2.59. The molecule has 3 fully saturated rings. The van der Waals surface area contributed by atoms with Crippen LogP contribution in [0.25, 0.3) is 0 Å². The Morgan fingerprint density at radius 2 is 1.97 bits per heavy atom. The fourth-order valence-electron chi connectivity index (χ4n) is 4.54. The zero-order valence-corrected chi connectivity index (χ0v) is 18.3. The van der Waals surface area contributed by atoms with Crippen LogP contribution >= 0.6 is 0 Å². The number of sulfonamides is 1. The SMILES string of the molecule is CS(=O)(=O)N1CC(c2nc(C3CC3)no2)C2(CN(C(=O)COCc3ccccc3)C2)C1. The quantitative estimate of drug-likeness (QED) is 0.632. The van der Waals surface area contributed by atoms with Crippen LogP contribution in [0, 0.1) is 5.41 Å². The largest absolute Gasteiger partial charge is 0.367 e. The molecule has 0 radical (unpaired) electrons. The average Bonchev–Trinajstić information content (AvgIpc) is 3.29. The fraction of sp³-hybridized carbons (Fsp3) is 0.571. The molecule has 1 saturated carbocycles. The van der Waals surface area contributed by atoms with E-state index in [1.807, 2.05) is 30.3 Å². The summed E-state index contributed by atoms with van der Waals surface area (Å²) in [5, 5.41) is 4.10. The molecule has 9 nitrogen and oxygen atoms in total. The van der Waals surface area contributed by atoms with E-state index in [1.54, 1.807) is 4.90 Å². The fourth-order valence-corrected chi connectivity index (χ4v) is 5.46. The molecule has 1 aromatic heterocycles. The number of rotatable bonds is 7. The van der Waals surface area contributed by atoms with Crippen molar-refractivity contribution >= 4 is 15.9 Å². The standard InChI is InChI=1S/C21H26N4O5S/c1-31(27,28)25-9-17(20-22-19(23-30-20)16-7-8-16)21(14-25)12-24(13-21)18(26)11-29-10-15-5-3-2-4-6-15/h2-6,16-17H,7-14H2,1H3. The van der Waals surface area contributed by atoms with Crippen molar-refractivity contribution in [2.45, 2.75) is 31.3 Å². The number of carbonyl (C=O) groups is 1. The van der Waals surface area contributed by atoms with Gasteiger partial charge in [0.05, 0.1) is 18.8 Å². The van der Waals surface area contributed by atoms with E-state index in [4.69, 9.17) is 9.26 Å². The molecule has 2 aromatic rings. The normalized spacial score (nSPS) is 23.3. The van der Waals surface area contributed by atoms with Gasteiger partial charge in [0.2, 0.25) is 21.8 Å². The number of aromatic nitrogens is 2. The third-order valence-corrected chi connectivity index (χ3v) is 7.70. The topological polar surface area (TPSA) is 106 Å². The summed E-state index contributed by atoms with van der Waals surface area (Å²) in [4.78, 5) is 18.9. The molecule has 1 atom stereocenters. The molecule has 166 valence electrons. The number of ether oxygens (including phenoxy) is 1. The molecule has 31 heavy (non-hydrogen) atoms. The van der Waals surface area contributed by atoms with Gasteiger partial charge in [0.25, 0.3) is 0 Å². The van der Waals surface area contributed by atoms with Crippen molar-refractivity contribution < 1.29 is 22.5 Å². The van der Waals surface area contributed by atoms with Gasteiger partial charge in [0, 0.05) is 37.5 Å². The van der Waals surface area contributed by atoms with Gasteiger partial charge in [-0.05, 0) is 18.4 Å². The Balaban J connectivity index is 1.24. The average molecular weight is 447 g/mol. The summed E-state index contributed by atoms with van der Waals surface area (Å²) >= 11 is 0. The van der Waals surface area contributed by atoms with Gasteiger partial charge in [0.15, 0.2) is 5.82 Å². The smallest absolute Gasteiger partial charge is 0.248 e. The monoisotopic (exact) mass is 446 g/mol. The van der Waals surface area contributed by atoms with E-state index in [0.29, 0.717) is 50.4 Å². The van der Waals surface area contributed by atoms with Gasteiger partial charge in [-0.2, -0.15) is 4.98 Å². The number of benzene rings is 1. The van der Waals surface area contributed by atoms with Gasteiger partial charge in [-0.15, -0.1) is 0 Å². The highest BCUT2D eigenvalue weighted by Crippen LogP contribution is 2.50. The minimum Gasteiger partial charge on any atom is -0.367 e. The van der Waals surface area contributed by atoms with Crippen molar-refractivity contribution in [1.29, 1.82) is 0 Å². The van der Waals surface area contributed by atoms with E-state index in [2.05, 4.69) is 10.1 Å². The van der Waals surface area contributed by atoms with Crippen LogP contribution in [0.3, 0.4) is 0 Å². The van der Waals surface area contributed by atoms with Gasteiger partial charge < -0.3 is 14.2 Å². The first kappa shape index (κ1) is 20.6. The van der Waals surface area contributed by atoms with E-state index in [0.717, 1.165) is 18.4 Å². The molecule has 10 heteroatoms. The molecule has 0 N–H and O–H groups in total. The maximum absolute atomic E-state index is 12.6. The molecule has 1 spiro atoms. The summed E-state index contributed by atoms with van der Waals surface area (Å²) in [6, 6.07) is 9.70. The molecular formula is C21H26N4O5S. The molecular weight excluding hydrogens is 420 g/mol. The number of hydrogen-bond acceptors (Lipinski definition) is 7. The lowest BCUT2D eigenvalue weighted by Crippen LogP contribution is -2.62. The van der Waals surface area contributed by atoms with E-state index < -0.39 is 15.4 Å². The lowest BCUT2D eigenvalue weighted by molar-refractivity contribution is -0.149. The second kappa shape index (κ2) is 7.68. The van der Waals surface area contributed by atoms with Crippen LogP contribution in [0.4, 0.5) is 0 Å². The lowest BCUT2D eigenvalue weighted by Gasteiger charge is -2.50. The van der Waals surface area contributed by atoms with E-state index in [1.165, 1.54) is 10.6 Å². The van der Waals surface area contributed by atoms with Crippen LogP contribution < -0.4 is 0 Å². The minimum atomic E-state index is -3.36. The summed E-state index contributed by atoms with van der Waals surface area (Å²) < 4.78 is 37.0. The van der Waals surface area contributed by atoms with Crippen molar-refractivity contribution in [2.75, 3.05) is 39.0 Å². The first-order chi connectivity index (χ1) is 14.8. The highest BCUT2D eigenvalue weighted by atomic mass is 32.2. The van der Waals surface area contributed by atoms with Crippen molar-refractivity contribution in [3.8, 4) is 0 Å². The van der Waals surface area contributed by atoms with Crippen LogP contribution in [-0.2, 0) is 26.2 Å². The number of likely N-dealkylation sites (tertiary alicyclic amines) is 1. The first-order valence-corrected chi connectivity index (χ1v) is 12.4. The Labute approximate surface area is 181 Å². The molecule has 2 saturated heterocycles. The van der Waals surface area contributed by atoms with Gasteiger partial charge in [-0.3, -0.25) is 4.79 Å². The Hall–Kier alpha value is -2.30. The predicted octanol–water partition coefficient (Wildman–Crippen LogP) is 1.35. The first-order valence-electron chi connectivity index (χ1n) is 10.5. The molecule has 3 heterocycles. The van der Waals surface area contributed by atoms with Crippen LogP contribution in [0.5, 0.6) is 0 Å². The molecule has 3 aliphatic rings. The van der Waals surface area contributed by atoms with Gasteiger partial charge in [-0.1, -0.05) is 35.5 Å². The zero-order chi connectivity index (χ0) is 21.6. The summed E-state index contributed by atoms with van der Waals surface area (Å²) in [5.74, 6) is 1.26. The summed E-state index contributed by atoms with van der Waals surface area (Å²) in [7, 11) is -3.36. The summed E-state index contributed by atoms with van der Waals surface area (Å²) in [6.07, 6.45) is 3.34. The van der Waals surface area contributed by atoms with Crippen LogP contribution in [0.1, 0.15) is 42.0 Å². The number of amides is 1. The molecule has 5 rings (SSSR count). The van der Waals surface area contributed by atoms with Crippen molar-refractivity contribution in [1.82, 2.24) is 19.3 Å². The number of nitrogens with zero attached hydrogens (tertiary/aromatic N) is 4. The van der Waals surface area contributed by atoms with Crippen LogP contribution in [0.15, 0.2) is 34.9 Å². The molecule has 1 amide bonds. The van der Waals surface area contributed by atoms with Crippen molar-refractivity contribution in [2.24, 2.45) is 5.41 Å². The van der Waals surface area contributed by atoms with Crippen LogP contribution in [0.2, 0.25) is 0 Å². The zero-order valence-electron chi connectivity index (χ0n) is 17.4. The lowest BCUT2D eigenvalue weighted by atomic mass is 9.71. The number of carbonyl (C=O) groups excluding carboxylic acids is 1. The van der Waals surface area contributed by atoms with E-state index >= 15 is 0 Å². The Bertz CT molecular complexity index is 1060. The molecule has 1 aromatic carbocycles. The van der Waals surface area contributed by atoms with Crippen molar-refractivity contribution in [3.05, 3.63) is 47.6 Å². The van der Waals surface area contributed by atoms with Crippen LogP contribution in [-0.4, -0.2) is 72.7 Å². The second-order valence-corrected chi connectivity index (χ2v) is 10.9. The molecule has 2 aliphatic heterocycles. The van der Waals surface area contributed by atoms with Gasteiger partial charge in [0.1, 0.15) is 6.61 Å². The summed E-state index contributed by atoms with van der Waals surface area (Å²) in [5.41, 5.74) is 0.615. The van der Waals surface area contributed by atoms with Gasteiger partial charge >= 0.3 is 0 Å². The molecule has 1 aliphatic carbocycles. The van der Waals surface area contributed by atoms with E-state index in [-0.39, 0.29) is 18.4 Å². The molecule has 0 bridgehead atoms. The third-order valence-electron chi connectivity index (χ3n) is 6.49. The second-order valence-electron chi connectivity index (χ2n) is 8.96. The predicted molar refractivity (Wildman–Crippen MR) is 111 cm³/mol. The number of hydrogen-bond donors (Lipinski definition) is 0. The third kappa shape index (κ3) is 4.11. The Kier molecular flexibility index (Phi) is 5.10. The minimum absolute atomic E-state index is 0.00217. The Morgan fingerprint density at radius 1 is 1.23 bits per heavy atom.